The van der Waals surface area contributed by atoms with Crippen molar-refractivity contribution in [1.82, 2.24) is 9.80 Å². The zero-order chi connectivity index (χ0) is 21.1. The van der Waals surface area contributed by atoms with E-state index in [1.165, 1.54) is 12.1 Å². The average Bonchev–Trinajstić information content (AvgIpc) is 3.16. The molecule has 2 aromatic carbocycles. The number of benzene rings is 2. The minimum atomic E-state index is -0.638. The Bertz CT molecular complexity index is 879. The van der Waals surface area contributed by atoms with Crippen molar-refractivity contribution in [2.24, 2.45) is 5.92 Å². The molecule has 1 aliphatic rings. The molecule has 29 heavy (non-hydrogen) atoms. The summed E-state index contributed by atoms with van der Waals surface area (Å²) in [6.07, 6.45) is 0.743. The summed E-state index contributed by atoms with van der Waals surface area (Å²) in [5, 5.41) is 2.82. The number of nitrogens with zero attached hydrogens (tertiary/aromatic N) is 2. The molecule has 1 aliphatic heterocycles. The van der Waals surface area contributed by atoms with Gasteiger partial charge in [-0.3, -0.25) is 4.79 Å². The molecule has 0 spiro atoms. The molecule has 1 fully saturated rings. The van der Waals surface area contributed by atoms with Crippen LogP contribution >= 0.6 is 0 Å². The summed E-state index contributed by atoms with van der Waals surface area (Å²) < 4.78 is 26.8. The third kappa shape index (κ3) is 4.91. The maximum atomic E-state index is 13.4. The smallest absolute Gasteiger partial charge is 0.321 e. The number of rotatable bonds is 4. The van der Waals surface area contributed by atoms with Crippen LogP contribution in [0.15, 0.2) is 42.5 Å². The van der Waals surface area contributed by atoms with Crippen LogP contribution in [0.4, 0.5) is 19.3 Å². The monoisotopic (exact) mass is 401 g/mol. The fourth-order valence-corrected chi connectivity index (χ4v) is 3.47. The Balaban J connectivity index is 1.61. The van der Waals surface area contributed by atoms with Crippen molar-refractivity contribution in [2.45, 2.75) is 26.3 Å². The molecular weight excluding hydrogens is 376 g/mol. The Labute approximate surface area is 169 Å². The summed E-state index contributed by atoms with van der Waals surface area (Å²) in [6.45, 7) is 4.92. The van der Waals surface area contributed by atoms with Gasteiger partial charge in [0.25, 0.3) is 0 Å². The predicted octanol–water partition coefficient (Wildman–Crippen LogP) is 4.35. The van der Waals surface area contributed by atoms with Gasteiger partial charge in [-0.05, 0) is 41.8 Å². The number of nitrogens with one attached hydrogen (secondary N) is 1. The summed E-state index contributed by atoms with van der Waals surface area (Å²) in [4.78, 5) is 28.1. The molecule has 3 rings (SSSR count). The van der Waals surface area contributed by atoms with Gasteiger partial charge in [0.1, 0.15) is 11.6 Å². The molecule has 0 radical (unpaired) electrons. The second-order valence-electron chi connectivity index (χ2n) is 7.66. The molecule has 0 bridgehead atoms. The van der Waals surface area contributed by atoms with Crippen molar-refractivity contribution in [2.75, 3.05) is 25.5 Å². The van der Waals surface area contributed by atoms with E-state index in [0.717, 1.165) is 12.5 Å². The number of hydrogen-bond donors (Lipinski definition) is 1. The lowest BCUT2D eigenvalue weighted by molar-refractivity contribution is -0.133. The van der Waals surface area contributed by atoms with Crippen LogP contribution in [-0.2, 0) is 4.79 Å². The maximum Gasteiger partial charge on any atom is 0.321 e. The summed E-state index contributed by atoms with van der Waals surface area (Å²) in [5.41, 5.74) is 1.65. The lowest BCUT2D eigenvalue weighted by Crippen LogP contribution is -2.42. The van der Waals surface area contributed by atoms with Crippen LogP contribution in [0.2, 0.25) is 0 Å². The second kappa shape index (κ2) is 8.59. The highest BCUT2D eigenvalue weighted by atomic mass is 19.1. The first kappa shape index (κ1) is 20.8. The van der Waals surface area contributed by atoms with Gasteiger partial charge < -0.3 is 15.1 Å². The highest BCUT2D eigenvalue weighted by molar-refractivity contribution is 5.90. The topological polar surface area (TPSA) is 52.7 Å². The van der Waals surface area contributed by atoms with Crippen molar-refractivity contribution in [3.63, 3.8) is 0 Å². The standard InChI is InChI=1S/C22H25F2N3O2/c1-14(2)21(28)27-9-8-20(13-27)26(3)22(29)25-19-6-4-15(5-7-19)16-10-17(23)12-18(24)11-16/h4-7,10-12,14,20H,8-9,13H2,1-3H3,(H,25,29)/t20-/m1/s1. The Morgan fingerprint density at radius 3 is 2.28 bits per heavy atom. The minimum Gasteiger partial charge on any atom is -0.340 e. The van der Waals surface area contributed by atoms with Crippen LogP contribution in [0.3, 0.4) is 0 Å². The van der Waals surface area contributed by atoms with Crippen molar-refractivity contribution >= 4 is 17.6 Å². The number of urea groups is 1. The summed E-state index contributed by atoms with van der Waals surface area (Å²) in [7, 11) is 1.72. The quantitative estimate of drug-likeness (QED) is 0.828. The third-order valence-electron chi connectivity index (χ3n) is 5.17. The highest BCUT2D eigenvalue weighted by Gasteiger charge is 2.31. The van der Waals surface area contributed by atoms with E-state index < -0.39 is 11.6 Å². The van der Waals surface area contributed by atoms with Crippen LogP contribution in [0.25, 0.3) is 11.1 Å². The van der Waals surface area contributed by atoms with E-state index in [-0.39, 0.29) is 23.9 Å². The van der Waals surface area contributed by atoms with Crippen molar-refractivity contribution in [3.05, 3.63) is 54.1 Å². The van der Waals surface area contributed by atoms with Gasteiger partial charge in [-0.1, -0.05) is 26.0 Å². The van der Waals surface area contributed by atoms with E-state index in [1.54, 1.807) is 41.1 Å². The number of likely N-dealkylation sites (tertiary alicyclic amines) is 1. The lowest BCUT2D eigenvalue weighted by Gasteiger charge is -2.25. The average molecular weight is 401 g/mol. The van der Waals surface area contributed by atoms with Gasteiger partial charge >= 0.3 is 6.03 Å². The number of carbonyl (C=O) groups excluding carboxylic acids is 2. The van der Waals surface area contributed by atoms with Crippen LogP contribution < -0.4 is 5.32 Å². The molecule has 1 heterocycles. The number of carbonyl (C=O) groups is 2. The first-order valence-electron chi connectivity index (χ1n) is 9.63. The molecule has 5 nitrogen and oxygen atoms in total. The third-order valence-corrected chi connectivity index (χ3v) is 5.17. The van der Waals surface area contributed by atoms with E-state index in [0.29, 0.717) is 29.9 Å². The van der Waals surface area contributed by atoms with Crippen molar-refractivity contribution in [1.29, 1.82) is 0 Å². The molecular formula is C22H25F2N3O2. The summed E-state index contributed by atoms with van der Waals surface area (Å²) in [5.74, 6) is -1.23. The number of likely N-dealkylation sites (N-methyl/N-ethyl adjacent to an activating group) is 1. The van der Waals surface area contributed by atoms with Crippen LogP contribution in [-0.4, -0.2) is 47.9 Å². The zero-order valence-electron chi connectivity index (χ0n) is 16.8. The fourth-order valence-electron chi connectivity index (χ4n) is 3.47. The fraction of sp³-hybridized carbons (Fsp3) is 0.364. The predicted molar refractivity (Wildman–Crippen MR) is 108 cm³/mol. The van der Waals surface area contributed by atoms with E-state index >= 15 is 0 Å². The van der Waals surface area contributed by atoms with Gasteiger partial charge in [0, 0.05) is 37.8 Å². The van der Waals surface area contributed by atoms with Gasteiger partial charge in [-0.25, -0.2) is 13.6 Å². The summed E-state index contributed by atoms with van der Waals surface area (Å²) >= 11 is 0. The van der Waals surface area contributed by atoms with Crippen LogP contribution in [0, 0.1) is 17.6 Å². The molecule has 1 N–H and O–H groups in total. The Morgan fingerprint density at radius 1 is 1.07 bits per heavy atom. The highest BCUT2D eigenvalue weighted by Crippen LogP contribution is 2.24. The molecule has 2 aromatic rings. The van der Waals surface area contributed by atoms with Crippen LogP contribution in [0.5, 0.6) is 0 Å². The number of amides is 3. The second-order valence-corrected chi connectivity index (χ2v) is 7.66. The summed E-state index contributed by atoms with van der Waals surface area (Å²) in [6, 6.07) is 9.81. The normalized spacial score (nSPS) is 16.2. The van der Waals surface area contributed by atoms with Gasteiger partial charge in [0.15, 0.2) is 0 Å². The van der Waals surface area contributed by atoms with E-state index in [2.05, 4.69) is 5.32 Å². The minimum absolute atomic E-state index is 0.0350. The Kier molecular flexibility index (Phi) is 6.15. The molecule has 7 heteroatoms. The molecule has 154 valence electrons. The van der Waals surface area contributed by atoms with Gasteiger partial charge in [0.2, 0.25) is 5.91 Å². The van der Waals surface area contributed by atoms with Crippen LogP contribution in [0.1, 0.15) is 20.3 Å². The van der Waals surface area contributed by atoms with E-state index in [1.807, 2.05) is 13.8 Å². The molecule has 0 saturated carbocycles. The lowest BCUT2D eigenvalue weighted by atomic mass is 10.1. The van der Waals surface area contributed by atoms with Gasteiger partial charge in [-0.2, -0.15) is 0 Å². The SMILES string of the molecule is CC(C)C(=O)N1CC[C@@H](N(C)C(=O)Nc2ccc(-c3cc(F)cc(F)c3)cc2)C1. The number of anilines is 1. The molecule has 0 aromatic heterocycles. The molecule has 3 amide bonds. The number of hydrogen-bond acceptors (Lipinski definition) is 2. The first-order chi connectivity index (χ1) is 13.7. The largest absolute Gasteiger partial charge is 0.340 e. The molecule has 0 unspecified atom stereocenters. The Hall–Kier alpha value is -2.96. The molecule has 1 atom stereocenters. The first-order valence-corrected chi connectivity index (χ1v) is 9.63. The van der Waals surface area contributed by atoms with E-state index in [9.17, 15) is 18.4 Å². The van der Waals surface area contributed by atoms with E-state index in [4.69, 9.17) is 0 Å². The zero-order valence-corrected chi connectivity index (χ0v) is 16.8. The molecule has 1 saturated heterocycles. The molecule has 0 aliphatic carbocycles. The maximum absolute atomic E-state index is 13.4. The van der Waals surface area contributed by atoms with Gasteiger partial charge in [-0.15, -0.1) is 0 Å². The Morgan fingerprint density at radius 2 is 1.69 bits per heavy atom. The van der Waals surface area contributed by atoms with Crippen molar-refractivity contribution < 1.29 is 18.4 Å². The van der Waals surface area contributed by atoms with Gasteiger partial charge in [0.05, 0.1) is 6.04 Å². The number of halogens is 2. The van der Waals surface area contributed by atoms with Crippen molar-refractivity contribution in [3.8, 4) is 11.1 Å².